The highest BCUT2D eigenvalue weighted by atomic mass is 35.5. The zero-order chi connectivity index (χ0) is 20.8. The van der Waals surface area contributed by atoms with Crippen molar-refractivity contribution < 1.29 is 14.6 Å². The van der Waals surface area contributed by atoms with Crippen LogP contribution in [0.3, 0.4) is 0 Å². The van der Waals surface area contributed by atoms with Crippen LogP contribution < -0.4 is 10.5 Å². The average molecular weight is 416 g/mol. The number of halogens is 1. The van der Waals surface area contributed by atoms with Gasteiger partial charge >= 0.3 is 5.97 Å². The third-order valence-electron chi connectivity index (χ3n) is 7.08. The molecular formula is C22H26ClN3O3. The summed E-state index contributed by atoms with van der Waals surface area (Å²) in [5.74, 6) is 1.16. The molecule has 3 atom stereocenters. The third kappa shape index (κ3) is 3.57. The number of nitriles is 1. The van der Waals surface area contributed by atoms with E-state index in [2.05, 4.69) is 6.07 Å². The van der Waals surface area contributed by atoms with Gasteiger partial charge in [0.15, 0.2) is 5.60 Å². The fourth-order valence-corrected chi connectivity index (χ4v) is 5.99. The standard InChI is InChI=1S/C22H26ClN3O3/c1-21(6-7-24,29-17-4-2-16(23)3-5-17)19(25)26-18-14-8-13-9-15(18)12-22(10-13,11-14)20(27)28/h2-5,13-15,18H,6,8-12H2,1H3,(H2,25,26)(H,27,28). The Kier molecular flexibility index (Phi) is 4.98. The van der Waals surface area contributed by atoms with Crippen LogP contribution in [0.5, 0.6) is 5.75 Å². The number of ether oxygens (including phenoxy) is 1. The van der Waals surface area contributed by atoms with Gasteiger partial charge in [-0.05, 0) is 81.0 Å². The number of hydrogen-bond donors (Lipinski definition) is 2. The van der Waals surface area contributed by atoms with Gasteiger partial charge in [-0.25, -0.2) is 0 Å². The lowest BCUT2D eigenvalue weighted by molar-refractivity contribution is -0.166. The van der Waals surface area contributed by atoms with Crippen LogP contribution in [0.25, 0.3) is 0 Å². The molecular weight excluding hydrogens is 390 g/mol. The number of nitrogens with two attached hydrogens (primary N) is 1. The molecule has 4 saturated carbocycles. The van der Waals surface area contributed by atoms with Crippen LogP contribution in [0.1, 0.15) is 45.4 Å². The SMILES string of the molecule is CC(CC#N)(Oc1ccc(Cl)cc1)C(N)=NC1C2CC3CC1CC(C(=O)O)(C3)C2. The maximum atomic E-state index is 11.9. The van der Waals surface area contributed by atoms with E-state index < -0.39 is 17.0 Å². The van der Waals surface area contributed by atoms with Crippen molar-refractivity contribution in [3.8, 4) is 11.8 Å². The smallest absolute Gasteiger partial charge is 0.309 e. The summed E-state index contributed by atoms with van der Waals surface area (Å²) < 4.78 is 6.08. The van der Waals surface area contributed by atoms with Crippen molar-refractivity contribution in [2.24, 2.45) is 33.9 Å². The van der Waals surface area contributed by atoms with Crippen LogP contribution in [-0.4, -0.2) is 28.6 Å². The zero-order valence-electron chi connectivity index (χ0n) is 16.5. The molecule has 154 valence electrons. The second kappa shape index (κ2) is 7.21. The van der Waals surface area contributed by atoms with Gasteiger partial charge in [0.2, 0.25) is 0 Å². The van der Waals surface area contributed by atoms with E-state index in [4.69, 9.17) is 27.1 Å². The van der Waals surface area contributed by atoms with Crippen LogP contribution in [0.4, 0.5) is 0 Å². The minimum atomic E-state index is -1.05. The monoisotopic (exact) mass is 415 g/mol. The number of amidine groups is 1. The Hall–Kier alpha value is -2.26. The van der Waals surface area contributed by atoms with Gasteiger partial charge in [-0.15, -0.1) is 0 Å². The number of benzene rings is 1. The lowest BCUT2D eigenvalue weighted by Crippen LogP contribution is -2.57. The molecule has 4 fully saturated rings. The van der Waals surface area contributed by atoms with E-state index in [0.717, 1.165) is 19.3 Å². The van der Waals surface area contributed by atoms with Gasteiger partial charge in [0.1, 0.15) is 11.6 Å². The molecule has 0 saturated heterocycles. The van der Waals surface area contributed by atoms with E-state index in [-0.39, 0.29) is 24.3 Å². The summed E-state index contributed by atoms with van der Waals surface area (Å²) in [4.78, 5) is 16.8. The van der Waals surface area contributed by atoms with Gasteiger partial charge in [0.05, 0.1) is 23.9 Å². The van der Waals surface area contributed by atoms with Crippen molar-refractivity contribution in [2.45, 2.75) is 57.1 Å². The quantitative estimate of drug-likeness (QED) is 0.538. The van der Waals surface area contributed by atoms with E-state index in [1.54, 1.807) is 31.2 Å². The minimum Gasteiger partial charge on any atom is -0.481 e. The molecule has 4 aliphatic rings. The summed E-state index contributed by atoms with van der Waals surface area (Å²) in [6, 6.07) is 9.09. The number of rotatable bonds is 6. The Bertz CT molecular complexity index is 862. The first-order chi connectivity index (χ1) is 13.7. The Labute approximate surface area is 175 Å². The van der Waals surface area contributed by atoms with Gasteiger partial charge in [-0.3, -0.25) is 9.79 Å². The summed E-state index contributed by atoms with van der Waals surface area (Å²) in [5.41, 5.74) is 4.79. The van der Waals surface area contributed by atoms with Gasteiger partial charge in [-0.1, -0.05) is 11.6 Å². The number of carbonyl (C=O) groups is 1. The molecule has 0 radical (unpaired) electrons. The summed E-state index contributed by atoms with van der Waals surface area (Å²) >= 11 is 5.94. The highest BCUT2D eigenvalue weighted by Gasteiger charge is 2.59. The Morgan fingerprint density at radius 3 is 2.52 bits per heavy atom. The van der Waals surface area contributed by atoms with Crippen molar-refractivity contribution in [2.75, 3.05) is 0 Å². The topological polar surface area (TPSA) is 109 Å². The van der Waals surface area contributed by atoms with Crippen molar-refractivity contribution in [3.63, 3.8) is 0 Å². The van der Waals surface area contributed by atoms with E-state index in [1.165, 1.54) is 0 Å². The highest BCUT2D eigenvalue weighted by Crippen LogP contribution is 2.61. The van der Waals surface area contributed by atoms with E-state index in [1.807, 2.05) is 0 Å². The number of aliphatic carboxylic acids is 1. The van der Waals surface area contributed by atoms with Crippen LogP contribution in [0.2, 0.25) is 5.02 Å². The van der Waals surface area contributed by atoms with E-state index >= 15 is 0 Å². The number of aliphatic imine (C=N–C) groups is 1. The summed E-state index contributed by atoms with van der Waals surface area (Å²) in [7, 11) is 0. The Morgan fingerprint density at radius 2 is 1.97 bits per heavy atom. The first-order valence-electron chi connectivity index (χ1n) is 10.1. The predicted octanol–water partition coefficient (Wildman–Crippen LogP) is 4.03. The lowest BCUT2D eigenvalue weighted by atomic mass is 9.48. The first-order valence-corrected chi connectivity index (χ1v) is 10.5. The summed E-state index contributed by atoms with van der Waals surface area (Å²) in [6.07, 6.45) is 4.23. The van der Waals surface area contributed by atoms with Crippen LogP contribution >= 0.6 is 11.6 Å². The van der Waals surface area contributed by atoms with Crippen LogP contribution in [0, 0.1) is 34.5 Å². The summed E-state index contributed by atoms with van der Waals surface area (Å²) in [6.45, 7) is 1.78. The molecule has 1 aromatic rings. The molecule has 4 bridgehead atoms. The summed E-state index contributed by atoms with van der Waals surface area (Å²) in [5, 5.41) is 19.8. The zero-order valence-corrected chi connectivity index (χ0v) is 17.2. The molecule has 7 heteroatoms. The maximum Gasteiger partial charge on any atom is 0.309 e. The maximum absolute atomic E-state index is 11.9. The number of carboxylic acids is 1. The minimum absolute atomic E-state index is 0.00543. The number of nitrogens with zero attached hydrogens (tertiary/aromatic N) is 2. The molecule has 5 rings (SSSR count). The molecule has 1 aromatic carbocycles. The molecule has 29 heavy (non-hydrogen) atoms. The Morgan fingerprint density at radius 1 is 1.34 bits per heavy atom. The van der Waals surface area contributed by atoms with Crippen LogP contribution in [0.15, 0.2) is 29.3 Å². The van der Waals surface area contributed by atoms with Crippen molar-refractivity contribution in [1.82, 2.24) is 0 Å². The largest absolute Gasteiger partial charge is 0.481 e. The molecule has 3 unspecified atom stereocenters. The molecule has 4 aliphatic carbocycles. The first kappa shape index (κ1) is 20.0. The average Bonchev–Trinajstić information content (AvgIpc) is 2.66. The van der Waals surface area contributed by atoms with Crippen molar-refractivity contribution in [1.29, 1.82) is 5.26 Å². The number of carboxylic acid groups (broad SMARTS) is 1. The second-order valence-electron chi connectivity index (χ2n) is 9.18. The molecule has 0 aromatic heterocycles. The lowest BCUT2D eigenvalue weighted by Gasteiger charge is -2.57. The van der Waals surface area contributed by atoms with Crippen LogP contribution in [-0.2, 0) is 4.79 Å². The normalized spacial score (nSPS) is 35.0. The molecule has 0 aliphatic heterocycles. The second-order valence-corrected chi connectivity index (χ2v) is 9.62. The van der Waals surface area contributed by atoms with E-state index in [0.29, 0.717) is 35.4 Å². The van der Waals surface area contributed by atoms with Gasteiger partial charge in [0.25, 0.3) is 0 Å². The molecule has 3 N–H and O–H groups in total. The van der Waals surface area contributed by atoms with Crippen molar-refractivity contribution in [3.05, 3.63) is 29.3 Å². The van der Waals surface area contributed by atoms with Gasteiger partial charge in [-0.2, -0.15) is 5.26 Å². The fourth-order valence-electron chi connectivity index (χ4n) is 5.86. The van der Waals surface area contributed by atoms with Gasteiger partial charge < -0.3 is 15.6 Å². The molecule has 0 amide bonds. The molecule has 0 spiro atoms. The number of hydrogen-bond acceptors (Lipinski definition) is 4. The molecule has 0 heterocycles. The third-order valence-corrected chi connectivity index (χ3v) is 7.33. The highest BCUT2D eigenvalue weighted by molar-refractivity contribution is 6.30. The molecule has 6 nitrogen and oxygen atoms in total. The Balaban J connectivity index is 1.58. The predicted molar refractivity (Wildman–Crippen MR) is 110 cm³/mol. The van der Waals surface area contributed by atoms with Gasteiger partial charge in [0, 0.05) is 5.02 Å². The van der Waals surface area contributed by atoms with E-state index in [9.17, 15) is 15.2 Å². The van der Waals surface area contributed by atoms with Crippen molar-refractivity contribution >= 4 is 23.4 Å². The fraction of sp³-hybridized carbons (Fsp3) is 0.591.